The first-order valence-corrected chi connectivity index (χ1v) is 6.30. The Kier molecular flexibility index (Phi) is 4.38. The maximum atomic E-state index is 11.4. The fourth-order valence-electron chi connectivity index (χ4n) is 2.00. The Morgan fingerprint density at radius 2 is 2.00 bits per heavy atom. The molecule has 0 saturated carbocycles. The molecule has 0 saturated heterocycles. The molecule has 0 aliphatic carbocycles. The van der Waals surface area contributed by atoms with Crippen molar-refractivity contribution >= 4 is 11.7 Å². The van der Waals surface area contributed by atoms with Crippen LogP contribution in [0.1, 0.15) is 50.7 Å². The van der Waals surface area contributed by atoms with Gasteiger partial charge in [0.25, 0.3) is 0 Å². The summed E-state index contributed by atoms with van der Waals surface area (Å²) in [7, 11) is 0. The topological polar surface area (TPSA) is 63.3 Å². The fraction of sp³-hybridized carbons (Fsp3) is 0.533. The molecule has 3 N–H and O–H groups in total. The first kappa shape index (κ1) is 14.6. The minimum Gasteiger partial charge on any atom is -0.481 e. The third-order valence-electron chi connectivity index (χ3n) is 3.21. The molecule has 0 heterocycles. The fourth-order valence-corrected chi connectivity index (χ4v) is 2.00. The van der Waals surface area contributed by atoms with Crippen molar-refractivity contribution in [3.8, 4) is 0 Å². The van der Waals surface area contributed by atoms with Crippen LogP contribution in [0.4, 0.5) is 5.69 Å². The van der Waals surface area contributed by atoms with E-state index in [9.17, 15) is 9.90 Å². The molecule has 1 unspecified atom stereocenters. The van der Waals surface area contributed by atoms with Gasteiger partial charge in [0.05, 0.1) is 5.92 Å². The molecule has 0 spiro atoms. The van der Waals surface area contributed by atoms with Gasteiger partial charge >= 0.3 is 5.97 Å². The predicted octanol–water partition coefficient (Wildman–Crippen LogP) is 3.57. The van der Waals surface area contributed by atoms with E-state index in [-0.39, 0.29) is 5.41 Å². The summed E-state index contributed by atoms with van der Waals surface area (Å²) in [5.41, 5.74) is 8.42. The van der Waals surface area contributed by atoms with Crippen molar-refractivity contribution in [3.05, 3.63) is 29.3 Å². The van der Waals surface area contributed by atoms with Crippen LogP contribution in [0.2, 0.25) is 0 Å². The van der Waals surface area contributed by atoms with Crippen LogP contribution in [0.25, 0.3) is 0 Å². The van der Waals surface area contributed by atoms with Gasteiger partial charge in [0.15, 0.2) is 0 Å². The Labute approximate surface area is 109 Å². The lowest BCUT2D eigenvalue weighted by Gasteiger charge is -2.22. The second kappa shape index (κ2) is 5.42. The van der Waals surface area contributed by atoms with E-state index in [4.69, 9.17) is 5.73 Å². The molecule has 0 fully saturated rings. The van der Waals surface area contributed by atoms with Gasteiger partial charge in [0.1, 0.15) is 0 Å². The highest BCUT2D eigenvalue weighted by Gasteiger charge is 2.24. The summed E-state index contributed by atoms with van der Waals surface area (Å²) in [6.07, 6.45) is 1.48. The summed E-state index contributed by atoms with van der Waals surface area (Å²) in [5, 5.41) is 9.38. The van der Waals surface area contributed by atoms with E-state index in [2.05, 4.69) is 20.8 Å². The molecule has 0 amide bonds. The number of nitrogen functional groups attached to an aromatic ring is 1. The summed E-state index contributed by atoms with van der Waals surface area (Å²) in [6, 6.07) is 5.60. The number of nitrogens with two attached hydrogens (primary N) is 1. The van der Waals surface area contributed by atoms with Crippen LogP contribution in [-0.4, -0.2) is 11.1 Å². The minimum atomic E-state index is -0.795. The molecule has 0 aromatic heterocycles. The molecule has 0 aliphatic heterocycles. The molecule has 100 valence electrons. The van der Waals surface area contributed by atoms with Crippen molar-refractivity contribution in [3.63, 3.8) is 0 Å². The van der Waals surface area contributed by atoms with Gasteiger partial charge in [-0.2, -0.15) is 0 Å². The monoisotopic (exact) mass is 249 g/mol. The number of carboxylic acids is 1. The van der Waals surface area contributed by atoms with Gasteiger partial charge in [-0.1, -0.05) is 39.0 Å². The highest BCUT2D eigenvalue weighted by molar-refractivity contribution is 5.79. The quantitative estimate of drug-likeness (QED) is 0.802. The third-order valence-corrected chi connectivity index (χ3v) is 3.21. The zero-order chi connectivity index (χ0) is 13.9. The van der Waals surface area contributed by atoms with Crippen LogP contribution < -0.4 is 5.73 Å². The first-order chi connectivity index (χ1) is 8.22. The van der Waals surface area contributed by atoms with E-state index in [0.717, 1.165) is 17.5 Å². The van der Waals surface area contributed by atoms with E-state index < -0.39 is 11.9 Å². The van der Waals surface area contributed by atoms with E-state index in [1.807, 2.05) is 25.1 Å². The van der Waals surface area contributed by atoms with E-state index in [1.54, 1.807) is 0 Å². The molecule has 1 rings (SSSR count). The smallest absolute Gasteiger partial charge is 0.311 e. The molecule has 18 heavy (non-hydrogen) atoms. The number of rotatable bonds is 4. The van der Waals surface area contributed by atoms with Crippen molar-refractivity contribution in [2.45, 2.75) is 46.5 Å². The largest absolute Gasteiger partial charge is 0.481 e. The second-order valence-electron chi connectivity index (χ2n) is 6.07. The molecule has 1 aromatic carbocycles. The Bertz CT molecular complexity index is 433. The summed E-state index contributed by atoms with van der Waals surface area (Å²) >= 11 is 0. The second-order valence-corrected chi connectivity index (χ2v) is 6.07. The van der Waals surface area contributed by atoms with Gasteiger partial charge < -0.3 is 10.8 Å². The van der Waals surface area contributed by atoms with Gasteiger partial charge in [0, 0.05) is 5.69 Å². The van der Waals surface area contributed by atoms with Gasteiger partial charge in [-0.3, -0.25) is 4.79 Å². The van der Waals surface area contributed by atoms with Crippen LogP contribution in [0, 0.1) is 12.3 Å². The molecule has 0 bridgehead atoms. The normalized spacial score (nSPS) is 13.3. The summed E-state index contributed by atoms with van der Waals surface area (Å²) in [4.78, 5) is 11.4. The number of carboxylic acid groups (broad SMARTS) is 1. The number of hydrogen-bond donors (Lipinski definition) is 2. The van der Waals surface area contributed by atoms with E-state index in [0.29, 0.717) is 12.1 Å². The number of aryl methyl sites for hydroxylation is 1. The number of carbonyl (C=O) groups is 1. The van der Waals surface area contributed by atoms with Crippen molar-refractivity contribution in [1.29, 1.82) is 0 Å². The lowest BCUT2D eigenvalue weighted by Crippen LogP contribution is -2.17. The highest BCUT2D eigenvalue weighted by Crippen LogP contribution is 2.32. The zero-order valence-corrected chi connectivity index (χ0v) is 11.7. The van der Waals surface area contributed by atoms with Crippen molar-refractivity contribution in [2.24, 2.45) is 5.41 Å². The minimum absolute atomic E-state index is 0.131. The zero-order valence-electron chi connectivity index (χ0n) is 11.7. The average molecular weight is 249 g/mol. The van der Waals surface area contributed by atoms with Crippen molar-refractivity contribution in [1.82, 2.24) is 0 Å². The average Bonchev–Trinajstić information content (AvgIpc) is 2.22. The van der Waals surface area contributed by atoms with Gasteiger partial charge in [-0.25, -0.2) is 0 Å². The summed E-state index contributed by atoms with van der Waals surface area (Å²) in [5.74, 6) is -1.30. The number of benzene rings is 1. The number of hydrogen-bond acceptors (Lipinski definition) is 2. The lowest BCUT2D eigenvalue weighted by molar-refractivity contribution is -0.139. The molecule has 0 aliphatic rings. The number of para-hydroxylation sites is 1. The maximum absolute atomic E-state index is 11.4. The van der Waals surface area contributed by atoms with Crippen molar-refractivity contribution < 1.29 is 9.90 Å². The summed E-state index contributed by atoms with van der Waals surface area (Å²) in [6.45, 7) is 8.25. The SMILES string of the molecule is Cc1cccc(C(CCC(C)(C)C)C(=O)O)c1N. The van der Waals surface area contributed by atoms with Crippen LogP contribution in [0.15, 0.2) is 18.2 Å². The van der Waals surface area contributed by atoms with Crippen LogP contribution in [0.5, 0.6) is 0 Å². The Morgan fingerprint density at radius 3 is 2.50 bits per heavy atom. The van der Waals surface area contributed by atoms with Crippen LogP contribution in [-0.2, 0) is 4.79 Å². The Morgan fingerprint density at radius 1 is 1.39 bits per heavy atom. The van der Waals surface area contributed by atoms with Gasteiger partial charge in [-0.15, -0.1) is 0 Å². The number of aliphatic carboxylic acids is 1. The molecular weight excluding hydrogens is 226 g/mol. The molecule has 3 nitrogen and oxygen atoms in total. The standard InChI is InChI=1S/C15H23NO2/c1-10-6-5-7-11(13(10)16)12(14(17)18)8-9-15(2,3)4/h5-7,12H,8-9,16H2,1-4H3,(H,17,18). The van der Waals surface area contributed by atoms with Crippen LogP contribution >= 0.6 is 0 Å². The summed E-state index contributed by atoms with van der Waals surface area (Å²) < 4.78 is 0. The third kappa shape index (κ3) is 3.76. The van der Waals surface area contributed by atoms with E-state index in [1.165, 1.54) is 0 Å². The van der Waals surface area contributed by atoms with Crippen LogP contribution in [0.3, 0.4) is 0 Å². The first-order valence-electron chi connectivity index (χ1n) is 6.30. The lowest BCUT2D eigenvalue weighted by atomic mass is 9.83. The highest BCUT2D eigenvalue weighted by atomic mass is 16.4. The maximum Gasteiger partial charge on any atom is 0.311 e. The Hall–Kier alpha value is -1.51. The predicted molar refractivity (Wildman–Crippen MR) is 74.7 cm³/mol. The number of anilines is 1. The van der Waals surface area contributed by atoms with Gasteiger partial charge in [-0.05, 0) is 36.3 Å². The molecule has 3 heteroatoms. The molecule has 1 aromatic rings. The molecule has 0 radical (unpaired) electrons. The Balaban J connectivity index is 2.99. The van der Waals surface area contributed by atoms with Gasteiger partial charge in [0.2, 0.25) is 0 Å². The molecule has 1 atom stereocenters. The molecular formula is C15H23NO2. The van der Waals surface area contributed by atoms with E-state index >= 15 is 0 Å². The van der Waals surface area contributed by atoms with Crippen molar-refractivity contribution in [2.75, 3.05) is 5.73 Å².